The number of rotatable bonds is 5. The Morgan fingerprint density at radius 2 is 2.09 bits per heavy atom. The average Bonchev–Trinajstić information content (AvgIpc) is 2.98. The van der Waals surface area contributed by atoms with Crippen LogP contribution in [0.15, 0.2) is 39.1 Å². The molecule has 0 saturated heterocycles. The van der Waals surface area contributed by atoms with Crippen molar-refractivity contribution < 1.29 is 4.74 Å². The molecule has 22 heavy (non-hydrogen) atoms. The first-order chi connectivity index (χ1) is 10.7. The molecule has 0 aliphatic carbocycles. The van der Waals surface area contributed by atoms with E-state index in [2.05, 4.69) is 6.92 Å². The molecule has 116 valence electrons. The number of aromatic nitrogens is 2. The lowest BCUT2D eigenvalue weighted by atomic mass is 10.3. The molecule has 0 unspecified atom stereocenters. The third-order valence-corrected chi connectivity index (χ3v) is 5.27. The molecule has 0 saturated carbocycles. The van der Waals surface area contributed by atoms with Crippen molar-refractivity contribution in [3.05, 3.63) is 40.3 Å². The Hall–Kier alpha value is -1.40. The summed E-state index contributed by atoms with van der Waals surface area (Å²) in [6.07, 6.45) is 0.886. The molecular formula is C16H18N2O2S2. The van der Waals surface area contributed by atoms with E-state index in [4.69, 9.17) is 9.72 Å². The van der Waals surface area contributed by atoms with E-state index in [0.717, 1.165) is 45.1 Å². The van der Waals surface area contributed by atoms with Crippen LogP contribution in [0.2, 0.25) is 0 Å². The summed E-state index contributed by atoms with van der Waals surface area (Å²) in [6, 6.07) is 7.62. The third-order valence-electron chi connectivity index (χ3n) is 3.35. The summed E-state index contributed by atoms with van der Waals surface area (Å²) in [4.78, 5) is 18.3. The Balaban J connectivity index is 2.10. The van der Waals surface area contributed by atoms with Crippen molar-refractivity contribution in [1.82, 2.24) is 9.55 Å². The zero-order valence-electron chi connectivity index (χ0n) is 12.7. The number of ether oxygens (including phenoxy) is 1. The van der Waals surface area contributed by atoms with Gasteiger partial charge in [-0.25, -0.2) is 4.98 Å². The maximum atomic E-state index is 12.8. The van der Waals surface area contributed by atoms with Crippen LogP contribution in [0.4, 0.5) is 0 Å². The van der Waals surface area contributed by atoms with Gasteiger partial charge in [-0.05, 0) is 36.9 Å². The van der Waals surface area contributed by atoms with E-state index in [0.29, 0.717) is 6.61 Å². The van der Waals surface area contributed by atoms with Crippen LogP contribution in [0.3, 0.4) is 0 Å². The number of benzene rings is 1. The summed E-state index contributed by atoms with van der Waals surface area (Å²) in [5, 5.41) is 0.776. The van der Waals surface area contributed by atoms with E-state index in [-0.39, 0.29) is 5.56 Å². The molecule has 6 heteroatoms. The molecule has 0 amide bonds. The number of fused-ring (bicyclic) bond motifs is 1. The predicted octanol–water partition coefficient (Wildman–Crippen LogP) is 3.39. The van der Waals surface area contributed by atoms with Gasteiger partial charge in [-0.3, -0.25) is 9.36 Å². The molecule has 1 aromatic heterocycles. The van der Waals surface area contributed by atoms with Crippen LogP contribution >= 0.6 is 23.5 Å². The lowest BCUT2D eigenvalue weighted by Gasteiger charge is -2.13. The highest BCUT2D eigenvalue weighted by atomic mass is 32.2. The Kier molecular flexibility index (Phi) is 4.78. The summed E-state index contributed by atoms with van der Waals surface area (Å²) < 4.78 is 7.19. The summed E-state index contributed by atoms with van der Waals surface area (Å²) in [7, 11) is 0. The predicted molar refractivity (Wildman–Crippen MR) is 91.8 cm³/mol. The van der Waals surface area contributed by atoms with Crippen LogP contribution in [0.1, 0.15) is 19.5 Å². The van der Waals surface area contributed by atoms with E-state index in [9.17, 15) is 4.79 Å². The molecule has 2 heterocycles. The molecule has 0 radical (unpaired) electrons. The van der Waals surface area contributed by atoms with Crippen LogP contribution in [-0.2, 0) is 6.42 Å². The Morgan fingerprint density at radius 3 is 2.77 bits per heavy atom. The average molecular weight is 334 g/mol. The van der Waals surface area contributed by atoms with Gasteiger partial charge in [0.15, 0.2) is 5.16 Å². The number of hydrogen-bond acceptors (Lipinski definition) is 5. The van der Waals surface area contributed by atoms with Gasteiger partial charge in [0.2, 0.25) is 0 Å². The molecule has 1 aromatic carbocycles. The van der Waals surface area contributed by atoms with Gasteiger partial charge < -0.3 is 4.74 Å². The second kappa shape index (κ2) is 6.79. The second-order valence-electron chi connectivity index (χ2n) is 4.77. The highest BCUT2D eigenvalue weighted by Crippen LogP contribution is 2.30. The monoisotopic (exact) mass is 334 g/mol. The molecule has 2 aromatic rings. The van der Waals surface area contributed by atoms with E-state index < -0.39 is 0 Å². The second-order valence-corrected chi connectivity index (χ2v) is 7.11. The highest BCUT2D eigenvalue weighted by Gasteiger charge is 2.22. The molecule has 0 bridgehead atoms. The number of hydrogen-bond donors (Lipinski definition) is 0. The first-order valence-electron chi connectivity index (χ1n) is 7.39. The molecule has 1 aliphatic heterocycles. The summed E-state index contributed by atoms with van der Waals surface area (Å²) in [5.74, 6) is 2.64. The van der Waals surface area contributed by atoms with Gasteiger partial charge in [-0.1, -0.05) is 18.7 Å². The molecule has 0 N–H and O–H groups in total. The van der Waals surface area contributed by atoms with Gasteiger partial charge in [-0.15, -0.1) is 11.8 Å². The van der Waals surface area contributed by atoms with Crippen LogP contribution in [-0.4, -0.2) is 27.7 Å². The van der Waals surface area contributed by atoms with Crippen LogP contribution in [0, 0.1) is 0 Å². The highest BCUT2D eigenvalue weighted by molar-refractivity contribution is 7.99. The topological polar surface area (TPSA) is 44.1 Å². The number of nitrogens with zero attached hydrogens (tertiary/aromatic N) is 2. The van der Waals surface area contributed by atoms with Gasteiger partial charge in [0.1, 0.15) is 5.75 Å². The van der Waals surface area contributed by atoms with E-state index >= 15 is 0 Å². The summed E-state index contributed by atoms with van der Waals surface area (Å²) in [5.41, 5.74) is 1.84. The Morgan fingerprint density at radius 1 is 1.32 bits per heavy atom. The Bertz CT molecular complexity index is 726. The lowest BCUT2D eigenvalue weighted by Crippen LogP contribution is -2.23. The van der Waals surface area contributed by atoms with Crippen molar-refractivity contribution in [3.8, 4) is 11.4 Å². The minimum absolute atomic E-state index is 0.0487. The van der Waals surface area contributed by atoms with Gasteiger partial charge in [0.25, 0.3) is 5.56 Å². The van der Waals surface area contributed by atoms with E-state index in [1.807, 2.05) is 31.2 Å². The maximum absolute atomic E-state index is 12.8. The van der Waals surface area contributed by atoms with Crippen molar-refractivity contribution >= 4 is 23.5 Å². The van der Waals surface area contributed by atoms with Crippen molar-refractivity contribution in [2.45, 2.75) is 30.3 Å². The molecule has 0 fully saturated rings. The van der Waals surface area contributed by atoms with E-state index in [1.165, 1.54) is 0 Å². The minimum Gasteiger partial charge on any atom is -0.494 e. The number of thioether (sulfide) groups is 2. The van der Waals surface area contributed by atoms with Gasteiger partial charge in [0, 0.05) is 12.2 Å². The fraction of sp³-hybridized carbons (Fsp3) is 0.375. The summed E-state index contributed by atoms with van der Waals surface area (Å²) >= 11 is 3.21. The van der Waals surface area contributed by atoms with Crippen molar-refractivity contribution in [3.63, 3.8) is 0 Å². The SMILES string of the molecule is CCOc1ccc(-n2c(SCC)nc3c(c2=O)SCC3)cc1. The number of aryl methyl sites for hydroxylation is 1. The fourth-order valence-corrected chi connectivity index (χ4v) is 4.18. The maximum Gasteiger partial charge on any atom is 0.272 e. The molecule has 0 spiro atoms. The van der Waals surface area contributed by atoms with Crippen molar-refractivity contribution in [1.29, 1.82) is 0 Å². The Labute approximate surface area is 138 Å². The zero-order valence-corrected chi connectivity index (χ0v) is 14.3. The largest absolute Gasteiger partial charge is 0.494 e. The van der Waals surface area contributed by atoms with E-state index in [1.54, 1.807) is 28.1 Å². The smallest absolute Gasteiger partial charge is 0.272 e. The van der Waals surface area contributed by atoms with Gasteiger partial charge in [0.05, 0.1) is 22.9 Å². The van der Waals surface area contributed by atoms with Crippen LogP contribution < -0.4 is 10.3 Å². The molecular weight excluding hydrogens is 316 g/mol. The summed E-state index contributed by atoms with van der Waals surface area (Å²) in [6.45, 7) is 4.66. The standard InChI is InChI=1S/C16H18N2O2S2/c1-3-20-12-7-5-11(6-8-12)18-15(19)14-13(9-10-22-14)17-16(18)21-4-2/h5-8H,3-4,9-10H2,1-2H3. The third kappa shape index (κ3) is 2.90. The first kappa shape index (κ1) is 15.5. The van der Waals surface area contributed by atoms with Crippen LogP contribution in [0.25, 0.3) is 5.69 Å². The normalized spacial score (nSPS) is 13.2. The van der Waals surface area contributed by atoms with Crippen molar-refractivity contribution in [2.75, 3.05) is 18.1 Å². The van der Waals surface area contributed by atoms with Crippen molar-refractivity contribution in [2.24, 2.45) is 0 Å². The lowest BCUT2D eigenvalue weighted by molar-refractivity contribution is 0.340. The van der Waals surface area contributed by atoms with Crippen LogP contribution in [0.5, 0.6) is 5.75 Å². The zero-order chi connectivity index (χ0) is 15.5. The van der Waals surface area contributed by atoms with Gasteiger partial charge >= 0.3 is 0 Å². The minimum atomic E-state index is 0.0487. The van der Waals surface area contributed by atoms with Gasteiger partial charge in [-0.2, -0.15) is 0 Å². The molecule has 3 rings (SSSR count). The fourth-order valence-electron chi connectivity index (χ4n) is 2.40. The molecule has 1 aliphatic rings. The first-order valence-corrected chi connectivity index (χ1v) is 9.36. The molecule has 0 atom stereocenters. The quantitative estimate of drug-likeness (QED) is 0.619. The molecule has 4 nitrogen and oxygen atoms in total.